The molecule has 0 fully saturated rings. The van der Waals surface area contributed by atoms with Gasteiger partial charge in [-0.3, -0.25) is 4.68 Å². The Morgan fingerprint density at radius 1 is 1.44 bits per heavy atom. The first kappa shape index (κ1) is 12.8. The van der Waals surface area contributed by atoms with Gasteiger partial charge in [0.1, 0.15) is 18.5 Å². The minimum atomic E-state index is 0.410. The molecule has 0 saturated heterocycles. The molecule has 2 heterocycles. The van der Waals surface area contributed by atoms with Gasteiger partial charge in [0.25, 0.3) is 0 Å². The Labute approximate surface area is 107 Å². The third-order valence-electron chi connectivity index (χ3n) is 2.89. The quantitative estimate of drug-likeness (QED) is 0.784. The number of imidazole rings is 1. The fourth-order valence-electron chi connectivity index (χ4n) is 1.95. The Balaban J connectivity index is 1.73. The van der Waals surface area contributed by atoms with Crippen molar-refractivity contribution >= 4 is 0 Å². The van der Waals surface area contributed by atoms with Crippen molar-refractivity contribution < 1.29 is 0 Å². The third kappa shape index (κ3) is 3.40. The van der Waals surface area contributed by atoms with E-state index in [9.17, 15) is 0 Å². The first-order chi connectivity index (χ1) is 8.79. The van der Waals surface area contributed by atoms with E-state index in [1.807, 2.05) is 17.1 Å². The van der Waals surface area contributed by atoms with Gasteiger partial charge in [0.05, 0.1) is 6.54 Å². The largest absolute Gasteiger partial charge is 0.333 e. The van der Waals surface area contributed by atoms with Crippen molar-refractivity contribution in [1.29, 1.82) is 0 Å². The Morgan fingerprint density at radius 2 is 2.33 bits per heavy atom. The standard InChI is InChI=1S/C12H20N6/c1-3-12-15-4-6-17(12)8-11(2)14-5-7-18-10-13-9-16-18/h4,6,9-11,14H,3,5,7-8H2,1-2H3. The zero-order valence-corrected chi connectivity index (χ0v) is 11.0. The second-order valence-electron chi connectivity index (χ2n) is 4.36. The molecule has 0 amide bonds. The van der Waals surface area contributed by atoms with Gasteiger partial charge in [-0.1, -0.05) is 6.92 Å². The number of hydrogen-bond donors (Lipinski definition) is 1. The zero-order chi connectivity index (χ0) is 12.8. The molecule has 0 bridgehead atoms. The van der Waals surface area contributed by atoms with E-state index in [0.29, 0.717) is 6.04 Å². The summed E-state index contributed by atoms with van der Waals surface area (Å²) in [7, 11) is 0. The van der Waals surface area contributed by atoms with Crippen LogP contribution in [0.25, 0.3) is 0 Å². The van der Waals surface area contributed by atoms with Crippen LogP contribution < -0.4 is 5.32 Å². The fourth-order valence-corrected chi connectivity index (χ4v) is 1.95. The molecule has 0 radical (unpaired) electrons. The first-order valence-electron chi connectivity index (χ1n) is 6.35. The van der Waals surface area contributed by atoms with Gasteiger partial charge < -0.3 is 9.88 Å². The average Bonchev–Trinajstić information content (AvgIpc) is 3.00. The number of aromatic nitrogens is 5. The molecule has 6 nitrogen and oxygen atoms in total. The maximum atomic E-state index is 4.32. The molecule has 1 N–H and O–H groups in total. The normalized spacial score (nSPS) is 12.8. The van der Waals surface area contributed by atoms with Crippen LogP contribution >= 0.6 is 0 Å². The minimum Gasteiger partial charge on any atom is -0.333 e. The molecule has 6 heteroatoms. The molecule has 0 aliphatic carbocycles. The van der Waals surface area contributed by atoms with Gasteiger partial charge in [0.15, 0.2) is 0 Å². The molecule has 0 aliphatic heterocycles. The summed E-state index contributed by atoms with van der Waals surface area (Å²) in [4.78, 5) is 8.24. The van der Waals surface area contributed by atoms with Gasteiger partial charge in [0, 0.05) is 37.9 Å². The number of hydrogen-bond acceptors (Lipinski definition) is 4. The van der Waals surface area contributed by atoms with Crippen molar-refractivity contribution in [2.24, 2.45) is 0 Å². The summed E-state index contributed by atoms with van der Waals surface area (Å²) in [5.74, 6) is 1.14. The molecule has 2 rings (SSSR count). The molecule has 1 unspecified atom stereocenters. The van der Waals surface area contributed by atoms with Crippen LogP contribution in [-0.4, -0.2) is 36.9 Å². The van der Waals surface area contributed by atoms with E-state index < -0.39 is 0 Å². The summed E-state index contributed by atoms with van der Waals surface area (Å²) in [6.07, 6.45) is 8.16. The zero-order valence-electron chi connectivity index (χ0n) is 11.0. The van der Waals surface area contributed by atoms with Gasteiger partial charge in [-0.2, -0.15) is 5.10 Å². The van der Waals surface area contributed by atoms with E-state index in [1.54, 1.807) is 12.7 Å². The maximum absolute atomic E-state index is 4.32. The van der Waals surface area contributed by atoms with Gasteiger partial charge in [-0.25, -0.2) is 9.97 Å². The molecule has 18 heavy (non-hydrogen) atoms. The highest BCUT2D eigenvalue weighted by molar-refractivity contribution is 4.92. The van der Waals surface area contributed by atoms with Crippen molar-refractivity contribution in [1.82, 2.24) is 29.6 Å². The topological polar surface area (TPSA) is 60.6 Å². The Morgan fingerprint density at radius 3 is 3.06 bits per heavy atom. The SMILES string of the molecule is CCc1nccn1CC(C)NCCn1cncn1. The lowest BCUT2D eigenvalue weighted by atomic mass is 10.3. The highest BCUT2D eigenvalue weighted by Gasteiger charge is 2.05. The predicted molar refractivity (Wildman–Crippen MR) is 69.1 cm³/mol. The highest BCUT2D eigenvalue weighted by atomic mass is 15.3. The van der Waals surface area contributed by atoms with Crippen LogP contribution in [0.1, 0.15) is 19.7 Å². The van der Waals surface area contributed by atoms with Crippen LogP contribution in [0.4, 0.5) is 0 Å². The highest BCUT2D eigenvalue weighted by Crippen LogP contribution is 2.00. The monoisotopic (exact) mass is 248 g/mol. The fraction of sp³-hybridized carbons (Fsp3) is 0.583. The second-order valence-corrected chi connectivity index (χ2v) is 4.36. The van der Waals surface area contributed by atoms with E-state index in [2.05, 4.69) is 38.8 Å². The Hall–Kier alpha value is -1.69. The molecule has 0 aromatic carbocycles. The molecule has 1 atom stereocenters. The van der Waals surface area contributed by atoms with Gasteiger partial charge in [-0.15, -0.1) is 0 Å². The summed E-state index contributed by atoms with van der Waals surface area (Å²) in [5, 5.41) is 7.54. The van der Waals surface area contributed by atoms with Crippen molar-refractivity contribution in [2.45, 2.75) is 39.4 Å². The minimum absolute atomic E-state index is 0.410. The van der Waals surface area contributed by atoms with Crippen LogP contribution in [0.15, 0.2) is 25.0 Å². The number of nitrogens with one attached hydrogen (secondary N) is 1. The predicted octanol–water partition coefficient (Wildman–Crippen LogP) is 0.715. The lowest BCUT2D eigenvalue weighted by molar-refractivity contribution is 0.445. The summed E-state index contributed by atoms with van der Waals surface area (Å²) in [6, 6.07) is 0.410. The Bertz CT molecular complexity index is 447. The molecule has 98 valence electrons. The van der Waals surface area contributed by atoms with Crippen molar-refractivity contribution in [3.05, 3.63) is 30.9 Å². The van der Waals surface area contributed by atoms with E-state index in [0.717, 1.165) is 31.9 Å². The lowest BCUT2D eigenvalue weighted by Crippen LogP contribution is -2.33. The molecule has 0 saturated carbocycles. The van der Waals surface area contributed by atoms with E-state index in [1.165, 1.54) is 0 Å². The third-order valence-corrected chi connectivity index (χ3v) is 2.89. The van der Waals surface area contributed by atoms with E-state index in [4.69, 9.17) is 0 Å². The van der Waals surface area contributed by atoms with Crippen LogP contribution in [0.2, 0.25) is 0 Å². The Kier molecular flexibility index (Phi) is 4.46. The van der Waals surface area contributed by atoms with Crippen LogP contribution in [0.3, 0.4) is 0 Å². The van der Waals surface area contributed by atoms with Crippen LogP contribution in [-0.2, 0) is 19.5 Å². The average molecular weight is 248 g/mol. The first-order valence-corrected chi connectivity index (χ1v) is 6.35. The van der Waals surface area contributed by atoms with Crippen LogP contribution in [0.5, 0.6) is 0 Å². The van der Waals surface area contributed by atoms with Crippen LogP contribution in [0, 0.1) is 0 Å². The summed E-state index contributed by atoms with van der Waals surface area (Å²) in [6.45, 7) is 6.98. The summed E-state index contributed by atoms with van der Waals surface area (Å²) < 4.78 is 4.03. The van der Waals surface area contributed by atoms with E-state index in [-0.39, 0.29) is 0 Å². The number of nitrogens with zero attached hydrogens (tertiary/aromatic N) is 5. The summed E-state index contributed by atoms with van der Waals surface area (Å²) >= 11 is 0. The molecular formula is C12H20N6. The summed E-state index contributed by atoms with van der Waals surface area (Å²) in [5.41, 5.74) is 0. The van der Waals surface area contributed by atoms with Gasteiger partial charge in [0.2, 0.25) is 0 Å². The van der Waals surface area contributed by atoms with Gasteiger partial charge >= 0.3 is 0 Å². The van der Waals surface area contributed by atoms with E-state index >= 15 is 0 Å². The lowest BCUT2D eigenvalue weighted by Gasteiger charge is -2.15. The molecule has 2 aromatic heterocycles. The van der Waals surface area contributed by atoms with Crippen molar-refractivity contribution in [2.75, 3.05) is 6.54 Å². The molecule has 0 spiro atoms. The molecular weight excluding hydrogens is 228 g/mol. The van der Waals surface area contributed by atoms with Crippen molar-refractivity contribution in [3.63, 3.8) is 0 Å². The molecule has 0 aliphatic rings. The van der Waals surface area contributed by atoms with Crippen molar-refractivity contribution in [3.8, 4) is 0 Å². The molecule has 2 aromatic rings. The van der Waals surface area contributed by atoms with Gasteiger partial charge in [-0.05, 0) is 6.92 Å². The maximum Gasteiger partial charge on any atom is 0.137 e. The smallest absolute Gasteiger partial charge is 0.137 e. The number of rotatable bonds is 7. The second kappa shape index (κ2) is 6.30. The number of aryl methyl sites for hydroxylation is 1.